The molecule has 0 radical (unpaired) electrons. The Morgan fingerprint density at radius 2 is 1.89 bits per heavy atom. The summed E-state index contributed by atoms with van der Waals surface area (Å²) in [7, 11) is 0. The molecular weight excluding hydrogens is 312 g/mol. The van der Waals surface area contributed by atoms with E-state index < -0.39 is 23.8 Å². The molecule has 104 valence electrons. The Morgan fingerprint density at radius 1 is 1.32 bits per heavy atom. The number of hydrogen-bond acceptors (Lipinski definition) is 4. The molecule has 0 fully saturated rings. The fourth-order valence-electron chi connectivity index (χ4n) is 1.73. The van der Waals surface area contributed by atoms with Gasteiger partial charge in [0.1, 0.15) is 6.10 Å². The Morgan fingerprint density at radius 3 is 2.37 bits per heavy atom. The van der Waals surface area contributed by atoms with Crippen molar-refractivity contribution in [3.8, 4) is 0 Å². The fraction of sp³-hybridized carbons (Fsp3) is 0.429. The van der Waals surface area contributed by atoms with Crippen molar-refractivity contribution in [2.75, 3.05) is 6.61 Å². The van der Waals surface area contributed by atoms with Crippen molar-refractivity contribution >= 4 is 27.7 Å². The lowest BCUT2D eigenvalue weighted by Crippen LogP contribution is -2.36. The van der Waals surface area contributed by atoms with Gasteiger partial charge >= 0.3 is 5.97 Å². The third-order valence-electron chi connectivity index (χ3n) is 2.76. The van der Waals surface area contributed by atoms with Crippen molar-refractivity contribution in [1.82, 2.24) is 0 Å². The number of benzene rings is 1. The third-order valence-corrected chi connectivity index (χ3v) is 3.28. The summed E-state index contributed by atoms with van der Waals surface area (Å²) in [6, 6.07) is 7.36. The van der Waals surface area contributed by atoms with Gasteiger partial charge in [-0.2, -0.15) is 0 Å². The number of carbonyl (C=O) groups excluding carboxylic acids is 2. The predicted molar refractivity (Wildman–Crippen MR) is 74.7 cm³/mol. The van der Waals surface area contributed by atoms with Gasteiger partial charge in [0, 0.05) is 4.47 Å². The Hall–Kier alpha value is -1.20. The highest BCUT2D eigenvalue weighted by Gasteiger charge is 2.31. The number of halogens is 1. The van der Waals surface area contributed by atoms with Crippen LogP contribution in [0.25, 0.3) is 0 Å². The van der Waals surface area contributed by atoms with Gasteiger partial charge in [-0.25, -0.2) is 0 Å². The van der Waals surface area contributed by atoms with E-state index in [9.17, 15) is 14.7 Å². The number of Topliss-reactive ketones (excluding diaryl/α,β-unsaturated/α-hetero) is 1. The summed E-state index contributed by atoms with van der Waals surface area (Å²) in [5.41, 5.74) is 0.863. The van der Waals surface area contributed by atoms with Gasteiger partial charge in [0.2, 0.25) is 0 Å². The Bertz CT molecular complexity index is 441. The number of hydrogen-bond donors (Lipinski definition) is 1. The van der Waals surface area contributed by atoms with Crippen LogP contribution in [0.4, 0.5) is 0 Å². The molecule has 4 nitrogen and oxygen atoms in total. The number of rotatable bonds is 6. The molecule has 0 heterocycles. The zero-order valence-corrected chi connectivity index (χ0v) is 12.5. The lowest BCUT2D eigenvalue weighted by molar-refractivity contribution is -0.155. The first-order valence-electron chi connectivity index (χ1n) is 6.05. The molecule has 0 spiro atoms. The van der Waals surface area contributed by atoms with Gasteiger partial charge in [0.05, 0.1) is 12.5 Å². The lowest BCUT2D eigenvalue weighted by atomic mass is 9.92. The second-order valence-electron chi connectivity index (χ2n) is 4.24. The second kappa shape index (κ2) is 7.40. The molecule has 0 saturated heterocycles. The van der Waals surface area contributed by atoms with Crippen LogP contribution < -0.4 is 0 Å². The number of aliphatic hydroxyl groups excluding tert-OH is 1. The number of ketones is 1. The summed E-state index contributed by atoms with van der Waals surface area (Å²) in [4.78, 5) is 23.1. The molecule has 0 aliphatic rings. The second-order valence-corrected chi connectivity index (χ2v) is 5.16. The Kier molecular flexibility index (Phi) is 6.18. The molecule has 5 heteroatoms. The molecule has 1 aromatic carbocycles. The number of aliphatic hydroxyl groups is 1. The molecule has 1 aromatic rings. The van der Waals surface area contributed by atoms with Crippen LogP contribution in [0.5, 0.6) is 0 Å². The van der Waals surface area contributed by atoms with Crippen LogP contribution in [-0.4, -0.2) is 29.6 Å². The zero-order chi connectivity index (χ0) is 14.4. The molecule has 0 aliphatic heterocycles. The van der Waals surface area contributed by atoms with Crippen LogP contribution in [0, 0.1) is 5.92 Å². The number of ether oxygens (including phenoxy) is 1. The van der Waals surface area contributed by atoms with Crippen LogP contribution in [0.2, 0.25) is 0 Å². The van der Waals surface area contributed by atoms with Crippen molar-refractivity contribution in [3.05, 3.63) is 34.3 Å². The molecule has 0 unspecified atom stereocenters. The van der Waals surface area contributed by atoms with Crippen LogP contribution in [-0.2, 0) is 20.7 Å². The normalized spacial score (nSPS) is 13.7. The first-order valence-corrected chi connectivity index (χ1v) is 6.84. The minimum atomic E-state index is -1.33. The topological polar surface area (TPSA) is 63.6 Å². The van der Waals surface area contributed by atoms with Crippen LogP contribution in [0.3, 0.4) is 0 Å². The van der Waals surface area contributed by atoms with E-state index in [1.54, 1.807) is 6.92 Å². The predicted octanol–water partition coefficient (Wildman–Crippen LogP) is 2.12. The van der Waals surface area contributed by atoms with Crippen molar-refractivity contribution in [2.24, 2.45) is 5.92 Å². The van der Waals surface area contributed by atoms with E-state index in [1.807, 2.05) is 24.3 Å². The largest absolute Gasteiger partial charge is 0.466 e. The standard InChI is InChI=1S/C14H17BrO4/c1-3-19-14(18)12(13(17)9(2)16)8-10-4-6-11(15)7-5-10/h4-7,12-13,17H,3,8H2,1-2H3/t12-,13-/m1/s1. The molecule has 0 bridgehead atoms. The summed E-state index contributed by atoms with van der Waals surface area (Å²) in [6.07, 6.45) is -1.06. The molecule has 0 aromatic heterocycles. The van der Waals surface area contributed by atoms with Crippen LogP contribution in [0.1, 0.15) is 19.4 Å². The van der Waals surface area contributed by atoms with Gasteiger partial charge < -0.3 is 9.84 Å². The summed E-state index contributed by atoms with van der Waals surface area (Å²) in [5, 5.41) is 9.84. The van der Waals surface area contributed by atoms with Crippen LogP contribution >= 0.6 is 15.9 Å². The SMILES string of the molecule is CCOC(=O)[C@H](Cc1ccc(Br)cc1)[C@H](O)C(C)=O. The first-order chi connectivity index (χ1) is 8.95. The summed E-state index contributed by atoms with van der Waals surface area (Å²) in [6.45, 7) is 3.17. The van der Waals surface area contributed by atoms with Gasteiger partial charge in [0.25, 0.3) is 0 Å². The monoisotopic (exact) mass is 328 g/mol. The maximum absolute atomic E-state index is 11.8. The van der Waals surface area contributed by atoms with Crippen molar-refractivity contribution in [2.45, 2.75) is 26.4 Å². The first kappa shape index (κ1) is 15.9. The van der Waals surface area contributed by atoms with E-state index in [0.717, 1.165) is 10.0 Å². The van der Waals surface area contributed by atoms with Crippen molar-refractivity contribution < 1.29 is 19.4 Å². The smallest absolute Gasteiger partial charge is 0.312 e. The van der Waals surface area contributed by atoms with Crippen LogP contribution in [0.15, 0.2) is 28.7 Å². The van der Waals surface area contributed by atoms with E-state index >= 15 is 0 Å². The summed E-state index contributed by atoms with van der Waals surface area (Å²) < 4.78 is 5.84. The Balaban J connectivity index is 2.87. The van der Waals surface area contributed by atoms with Crippen molar-refractivity contribution in [1.29, 1.82) is 0 Å². The van der Waals surface area contributed by atoms with Gasteiger partial charge in [-0.3, -0.25) is 9.59 Å². The van der Waals surface area contributed by atoms with E-state index in [0.29, 0.717) is 0 Å². The van der Waals surface area contributed by atoms with Gasteiger partial charge in [-0.05, 0) is 38.0 Å². The molecule has 1 N–H and O–H groups in total. The Labute approximate surface area is 120 Å². The summed E-state index contributed by atoms with van der Waals surface area (Å²) >= 11 is 3.32. The lowest BCUT2D eigenvalue weighted by Gasteiger charge is -2.19. The highest BCUT2D eigenvalue weighted by atomic mass is 79.9. The molecule has 19 heavy (non-hydrogen) atoms. The van der Waals surface area contributed by atoms with E-state index in [2.05, 4.69) is 15.9 Å². The molecular formula is C14H17BrO4. The average molecular weight is 329 g/mol. The highest BCUT2D eigenvalue weighted by Crippen LogP contribution is 2.18. The third kappa shape index (κ3) is 4.76. The van der Waals surface area contributed by atoms with Crippen molar-refractivity contribution in [3.63, 3.8) is 0 Å². The highest BCUT2D eigenvalue weighted by molar-refractivity contribution is 9.10. The van der Waals surface area contributed by atoms with E-state index in [1.165, 1.54) is 6.92 Å². The molecule has 0 aliphatic carbocycles. The van der Waals surface area contributed by atoms with Gasteiger partial charge in [-0.1, -0.05) is 28.1 Å². The minimum Gasteiger partial charge on any atom is -0.466 e. The maximum atomic E-state index is 11.8. The number of carbonyl (C=O) groups is 2. The van der Waals surface area contributed by atoms with E-state index in [-0.39, 0.29) is 13.0 Å². The number of esters is 1. The quantitative estimate of drug-likeness (QED) is 0.812. The van der Waals surface area contributed by atoms with E-state index in [4.69, 9.17) is 4.74 Å². The average Bonchev–Trinajstić information content (AvgIpc) is 2.37. The minimum absolute atomic E-state index is 0.223. The molecule has 0 amide bonds. The molecule has 1 rings (SSSR count). The zero-order valence-electron chi connectivity index (χ0n) is 10.9. The fourth-order valence-corrected chi connectivity index (χ4v) is 2.00. The maximum Gasteiger partial charge on any atom is 0.312 e. The summed E-state index contributed by atoms with van der Waals surface area (Å²) in [5.74, 6) is -1.85. The van der Waals surface area contributed by atoms with Gasteiger partial charge in [-0.15, -0.1) is 0 Å². The molecule has 2 atom stereocenters. The van der Waals surface area contributed by atoms with Gasteiger partial charge in [0.15, 0.2) is 5.78 Å². The molecule has 0 saturated carbocycles.